The summed E-state index contributed by atoms with van der Waals surface area (Å²) in [6.45, 7) is 0.592. The van der Waals surface area contributed by atoms with E-state index in [0.29, 0.717) is 12.6 Å². The summed E-state index contributed by atoms with van der Waals surface area (Å²) in [5, 5.41) is 0. The first kappa shape index (κ1) is 11.5. The highest BCUT2D eigenvalue weighted by atomic mass is 19.4. The normalized spacial score (nSPS) is 16.8. The number of hydrogen-bond donors (Lipinski definition) is 0. The Hall–Kier alpha value is -1.03. The van der Waals surface area contributed by atoms with Crippen molar-refractivity contribution in [3.05, 3.63) is 35.4 Å². The van der Waals surface area contributed by atoms with E-state index in [1.807, 2.05) is 7.05 Å². The van der Waals surface area contributed by atoms with E-state index in [9.17, 15) is 13.2 Å². The Morgan fingerprint density at radius 3 is 2.56 bits per heavy atom. The third-order valence-electron chi connectivity index (χ3n) is 2.86. The summed E-state index contributed by atoms with van der Waals surface area (Å²) in [7, 11) is 1.96. The van der Waals surface area contributed by atoms with Gasteiger partial charge in [-0.25, -0.2) is 0 Å². The predicted octanol–water partition coefficient (Wildman–Crippen LogP) is 3.30. The van der Waals surface area contributed by atoms with Crippen LogP contribution in [0.1, 0.15) is 24.0 Å². The molecule has 0 unspecified atom stereocenters. The van der Waals surface area contributed by atoms with Gasteiger partial charge in [0.2, 0.25) is 0 Å². The van der Waals surface area contributed by atoms with Gasteiger partial charge in [0.25, 0.3) is 0 Å². The number of rotatable bonds is 3. The van der Waals surface area contributed by atoms with Gasteiger partial charge in [0.15, 0.2) is 0 Å². The largest absolute Gasteiger partial charge is 0.416 e. The zero-order valence-electron chi connectivity index (χ0n) is 9.09. The molecule has 1 nitrogen and oxygen atoms in total. The van der Waals surface area contributed by atoms with Crippen molar-refractivity contribution in [3.8, 4) is 0 Å². The number of nitrogens with zero attached hydrogens (tertiary/aromatic N) is 1. The topological polar surface area (TPSA) is 3.24 Å². The Kier molecular flexibility index (Phi) is 2.93. The molecule has 1 aliphatic rings. The number of hydrogen-bond acceptors (Lipinski definition) is 1. The van der Waals surface area contributed by atoms with Gasteiger partial charge >= 0.3 is 6.18 Å². The molecule has 1 aliphatic carbocycles. The maximum Gasteiger partial charge on any atom is 0.416 e. The van der Waals surface area contributed by atoms with Crippen LogP contribution in [0.15, 0.2) is 24.3 Å². The summed E-state index contributed by atoms with van der Waals surface area (Å²) in [5.74, 6) is 0. The first-order chi connectivity index (χ1) is 7.47. The minimum absolute atomic E-state index is 0.561. The third kappa shape index (κ3) is 2.76. The lowest BCUT2D eigenvalue weighted by atomic mass is 10.1. The van der Waals surface area contributed by atoms with Gasteiger partial charge in [-0.2, -0.15) is 13.2 Å². The molecular formula is C12H14F3N. The maximum atomic E-state index is 12.5. The van der Waals surface area contributed by atoms with Crippen molar-refractivity contribution in [2.45, 2.75) is 31.6 Å². The Morgan fingerprint density at radius 1 is 1.31 bits per heavy atom. The fourth-order valence-electron chi connectivity index (χ4n) is 1.78. The van der Waals surface area contributed by atoms with Crippen LogP contribution in [0, 0.1) is 0 Å². The van der Waals surface area contributed by atoms with Crippen LogP contribution in [0.5, 0.6) is 0 Å². The monoisotopic (exact) mass is 229 g/mol. The van der Waals surface area contributed by atoms with E-state index in [4.69, 9.17) is 0 Å². The highest BCUT2D eigenvalue weighted by Crippen LogP contribution is 2.31. The maximum absolute atomic E-state index is 12.5. The Balaban J connectivity index is 2.09. The highest BCUT2D eigenvalue weighted by Gasteiger charge is 2.31. The van der Waals surface area contributed by atoms with Crippen LogP contribution in [0.2, 0.25) is 0 Å². The minimum Gasteiger partial charge on any atom is -0.299 e. The van der Waals surface area contributed by atoms with Crippen molar-refractivity contribution in [2.75, 3.05) is 7.05 Å². The molecule has 1 fully saturated rings. The van der Waals surface area contributed by atoms with Crippen LogP contribution < -0.4 is 0 Å². The van der Waals surface area contributed by atoms with Gasteiger partial charge in [0.05, 0.1) is 5.56 Å². The van der Waals surface area contributed by atoms with Crippen LogP contribution in [-0.4, -0.2) is 18.0 Å². The highest BCUT2D eigenvalue weighted by molar-refractivity contribution is 5.25. The molecule has 1 saturated carbocycles. The summed E-state index contributed by atoms with van der Waals surface area (Å²) < 4.78 is 37.4. The summed E-state index contributed by atoms with van der Waals surface area (Å²) in [4.78, 5) is 2.11. The molecule has 0 atom stereocenters. The van der Waals surface area contributed by atoms with Crippen molar-refractivity contribution in [2.24, 2.45) is 0 Å². The number of alkyl halides is 3. The van der Waals surface area contributed by atoms with E-state index >= 15 is 0 Å². The lowest BCUT2D eigenvalue weighted by Crippen LogP contribution is -2.20. The first-order valence-electron chi connectivity index (χ1n) is 5.33. The Morgan fingerprint density at radius 2 is 2.00 bits per heavy atom. The smallest absolute Gasteiger partial charge is 0.299 e. The van der Waals surface area contributed by atoms with E-state index in [1.165, 1.54) is 12.1 Å². The molecule has 4 heteroatoms. The van der Waals surface area contributed by atoms with Crippen LogP contribution in [0.25, 0.3) is 0 Å². The predicted molar refractivity (Wildman–Crippen MR) is 55.9 cm³/mol. The molecule has 2 rings (SSSR count). The van der Waals surface area contributed by atoms with E-state index in [2.05, 4.69) is 4.90 Å². The van der Waals surface area contributed by atoms with Gasteiger partial charge in [-0.1, -0.05) is 18.2 Å². The second kappa shape index (κ2) is 4.09. The number of halogens is 3. The third-order valence-corrected chi connectivity index (χ3v) is 2.86. The molecule has 0 radical (unpaired) electrons. The molecule has 1 aromatic rings. The average Bonchev–Trinajstić information content (AvgIpc) is 2.99. The molecule has 16 heavy (non-hydrogen) atoms. The quantitative estimate of drug-likeness (QED) is 0.768. The van der Waals surface area contributed by atoms with Crippen LogP contribution in [0.3, 0.4) is 0 Å². The van der Waals surface area contributed by atoms with E-state index < -0.39 is 11.7 Å². The van der Waals surface area contributed by atoms with Crippen LogP contribution >= 0.6 is 0 Å². The molecule has 0 amide bonds. The molecule has 0 saturated heterocycles. The lowest BCUT2D eigenvalue weighted by molar-refractivity contribution is -0.137. The van der Waals surface area contributed by atoms with Crippen LogP contribution in [-0.2, 0) is 12.7 Å². The fourth-order valence-corrected chi connectivity index (χ4v) is 1.78. The molecule has 0 aromatic heterocycles. The van der Waals surface area contributed by atoms with E-state index in [1.54, 1.807) is 6.07 Å². The molecule has 0 heterocycles. The molecular weight excluding hydrogens is 215 g/mol. The molecule has 0 N–H and O–H groups in total. The first-order valence-corrected chi connectivity index (χ1v) is 5.33. The van der Waals surface area contributed by atoms with E-state index in [0.717, 1.165) is 24.5 Å². The van der Waals surface area contributed by atoms with Crippen molar-refractivity contribution < 1.29 is 13.2 Å². The van der Waals surface area contributed by atoms with Gasteiger partial charge in [0, 0.05) is 12.6 Å². The van der Waals surface area contributed by atoms with Gasteiger partial charge < -0.3 is 0 Å². The Labute approximate surface area is 92.9 Å². The van der Waals surface area contributed by atoms with Gasteiger partial charge in [-0.15, -0.1) is 0 Å². The summed E-state index contributed by atoms with van der Waals surface area (Å²) >= 11 is 0. The van der Waals surface area contributed by atoms with Crippen LogP contribution in [0.4, 0.5) is 13.2 Å². The molecule has 1 aromatic carbocycles. The standard InChI is InChI=1S/C12H14F3N/c1-16(11-5-6-11)8-9-3-2-4-10(7-9)12(13,14)15/h2-4,7,11H,5-6,8H2,1H3. The van der Waals surface area contributed by atoms with Crippen molar-refractivity contribution in [3.63, 3.8) is 0 Å². The van der Waals surface area contributed by atoms with Gasteiger partial charge in [0.1, 0.15) is 0 Å². The molecule has 0 spiro atoms. The van der Waals surface area contributed by atoms with E-state index in [-0.39, 0.29) is 0 Å². The van der Waals surface area contributed by atoms with Gasteiger partial charge in [-0.05, 0) is 31.5 Å². The molecule has 0 bridgehead atoms. The zero-order valence-corrected chi connectivity index (χ0v) is 9.09. The lowest BCUT2D eigenvalue weighted by Gasteiger charge is -2.16. The Bertz CT molecular complexity index is 369. The van der Waals surface area contributed by atoms with Crippen molar-refractivity contribution >= 4 is 0 Å². The summed E-state index contributed by atoms with van der Waals surface area (Å²) in [6.07, 6.45) is -1.92. The van der Waals surface area contributed by atoms with Crippen molar-refractivity contribution in [1.82, 2.24) is 4.90 Å². The van der Waals surface area contributed by atoms with Gasteiger partial charge in [-0.3, -0.25) is 4.90 Å². The number of benzene rings is 1. The minimum atomic E-state index is -4.24. The zero-order chi connectivity index (χ0) is 11.8. The molecule has 88 valence electrons. The fraction of sp³-hybridized carbons (Fsp3) is 0.500. The summed E-state index contributed by atoms with van der Waals surface area (Å²) in [6, 6.07) is 6.13. The second-order valence-corrected chi connectivity index (χ2v) is 4.34. The van der Waals surface area contributed by atoms with Crippen molar-refractivity contribution in [1.29, 1.82) is 0 Å². The average molecular weight is 229 g/mol. The molecule has 0 aliphatic heterocycles. The SMILES string of the molecule is CN(Cc1cccc(C(F)(F)F)c1)C1CC1. The second-order valence-electron chi connectivity index (χ2n) is 4.34. The summed E-state index contributed by atoms with van der Waals surface area (Å²) in [5.41, 5.74) is 0.165.